The molecule has 0 saturated heterocycles. The molecule has 1 aromatic carbocycles. The highest BCUT2D eigenvalue weighted by Gasteiger charge is 2.16. The zero-order chi connectivity index (χ0) is 13.0. The predicted molar refractivity (Wildman–Crippen MR) is 71.7 cm³/mol. The van der Waals surface area contributed by atoms with E-state index in [0.29, 0.717) is 0 Å². The van der Waals surface area contributed by atoms with Gasteiger partial charge in [-0.05, 0) is 61.9 Å². The standard InChI is InChI=1S/C15H24O2/c1-6-8-17-14-9-10(3)15(13(16)7-2)12(5)11(14)4/h9,13,16H,6-8H2,1-5H3. The van der Waals surface area contributed by atoms with Crippen molar-refractivity contribution in [1.82, 2.24) is 0 Å². The van der Waals surface area contributed by atoms with Gasteiger partial charge in [-0.25, -0.2) is 0 Å². The number of ether oxygens (including phenoxy) is 1. The van der Waals surface area contributed by atoms with Crippen molar-refractivity contribution in [2.75, 3.05) is 6.61 Å². The van der Waals surface area contributed by atoms with E-state index >= 15 is 0 Å². The molecule has 17 heavy (non-hydrogen) atoms. The van der Waals surface area contributed by atoms with Crippen LogP contribution in [-0.2, 0) is 0 Å². The number of hydrogen-bond donors (Lipinski definition) is 1. The second-order valence-electron chi connectivity index (χ2n) is 4.63. The Kier molecular flexibility index (Phi) is 5.01. The summed E-state index contributed by atoms with van der Waals surface area (Å²) in [4.78, 5) is 0. The molecule has 0 aromatic heterocycles. The number of aliphatic hydroxyl groups is 1. The highest BCUT2D eigenvalue weighted by atomic mass is 16.5. The molecule has 0 aliphatic rings. The number of rotatable bonds is 5. The average Bonchev–Trinajstić information content (AvgIpc) is 2.31. The maximum atomic E-state index is 10.0. The van der Waals surface area contributed by atoms with Crippen molar-refractivity contribution in [3.8, 4) is 5.75 Å². The van der Waals surface area contributed by atoms with Crippen LogP contribution in [-0.4, -0.2) is 11.7 Å². The molecule has 1 aromatic rings. The van der Waals surface area contributed by atoms with Crippen LogP contribution in [0.25, 0.3) is 0 Å². The van der Waals surface area contributed by atoms with Crippen LogP contribution in [0.3, 0.4) is 0 Å². The van der Waals surface area contributed by atoms with Gasteiger partial charge in [-0.1, -0.05) is 13.8 Å². The Hall–Kier alpha value is -1.02. The maximum absolute atomic E-state index is 10.0. The van der Waals surface area contributed by atoms with Crippen LogP contribution >= 0.6 is 0 Å². The van der Waals surface area contributed by atoms with Crippen LogP contribution in [0.15, 0.2) is 6.07 Å². The van der Waals surface area contributed by atoms with Crippen molar-refractivity contribution < 1.29 is 9.84 Å². The summed E-state index contributed by atoms with van der Waals surface area (Å²) in [7, 11) is 0. The quantitative estimate of drug-likeness (QED) is 0.841. The normalized spacial score (nSPS) is 12.6. The van der Waals surface area contributed by atoms with Gasteiger partial charge in [0.25, 0.3) is 0 Å². The number of benzene rings is 1. The first-order valence-corrected chi connectivity index (χ1v) is 6.44. The molecule has 0 fully saturated rings. The fourth-order valence-corrected chi connectivity index (χ4v) is 2.14. The minimum absolute atomic E-state index is 0.367. The molecule has 0 radical (unpaired) electrons. The van der Waals surface area contributed by atoms with Crippen LogP contribution in [0.5, 0.6) is 5.75 Å². The monoisotopic (exact) mass is 236 g/mol. The van der Waals surface area contributed by atoms with E-state index in [1.807, 2.05) is 19.9 Å². The molecule has 96 valence electrons. The summed E-state index contributed by atoms with van der Waals surface area (Å²) in [5.74, 6) is 0.953. The summed E-state index contributed by atoms with van der Waals surface area (Å²) >= 11 is 0. The third-order valence-electron chi connectivity index (χ3n) is 3.29. The van der Waals surface area contributed by atoms with E-state index in [1.165, 1.54) is 0 Å². The van der Waals surface area contributed by atoms with Crippen LogP contribution in [0, 0.1) is 20.8 Å². The summed E-state index contributed by atoms with van der Waals surface area (Å²) in [5, 5.41) is 10.0. The summed E-state index contributed by atoms with van der Waals surface area (Å²) in [6.45, 7) is 11.0. The third kappa shape index (κ3) is 3.01. The molecule has 1 unspecified atom stereocenters. The summed E-state index contributed by atoms with van der Waals surface area (Å²) < 4.78 is 5.73. The fraction of sp³-hybridized carbons (Fsp3) is 0.600. The van der Waals surface area contributed by atoms with Gasteiger partial charge in [0.1, 0.15) is 5.75 Å². The van der Waals surface area contributed by atoms with Crippen molar-refractivity contribution in [1.29, 1.82) is 0 Å². The third-order valence-corrected chi connectivity index (χ3v) is 3.29. The Bertz CT molecular complexity index is 383. The molecule has 2 heteroatoms. The molecule has 0 saturated carbocycles. The number of aryl methyl sites for hydroxylation is 1. The van der Waals surface area contributed by atoms with E-state index < -0.39 is 0 Å². The average molecular weight is 236 g/mol. The Morgan fingerprint density at radius 3 is 2.35 bits per heavy atom. The van der Waals surface area contributed by atoms with Crippen LogP contribution in [0.1, 0.15) is 55.0 Å². The van der Waals surface area contributed by atoms with Gasteiger partial charge in [0.15, 0.2) is 0 Å². The molecule has 2 nitrogen and oxygen atoms in total. The summed E-state index contributed by atoms with van der Waals surface area (Å²) in [6.07, 6.45) is 1.39. The van der Waals surface area contributed by atoms with Crippen molar-refractivity contribution in [2.45, 2.75) is 53.6 Å². The fourth-order valence-electron chi connectivity index (χ4n) is 2.14. The highest BCUT2D eigenvalue weighted by Crippen LogP contribution is 2.32. The Morgan fingerprint density at radius 1 is 1.18 bits per heavy atom. The molecule has 1 atom stereocenters. The first-order chi connectivity index (χ1) is 8.02. The minimum atomic E-state index is -0.367. The molecular weight excluding hydrogens is 212 g/mol. The molecule has 0 amide bonds. The lowest BCUT2D eigenvalue weighted by atomic mass is 9.92. The first-order valence-electron chi connectivity index (χ1n) is 6.44. The molecule has 0 bridgehead atoms. The van der Waals surface area contributed by atoms with Crippen LogP contribution < -0.4 is 4.74 Å². The van der Waals surface area contributed by atoms with Crippen LogP contribution in [0.4, 0.5) is 0 Å². The minimum Gasteiger partial charge on any atom is -0.493 e. The zero-order valence-corrected chi connectivity index (χ0v) is 11.6. The maximum Gasteiger partial charge on any atom is 0.122 e. The van der Waals surface area contributed by atoms with Gasteiger partial charge < -0.3 is 9.84 Å². The van der Waals surface area contributed by atoms with Crippen molar-refractivity contribution in [2.24, 2.45) is 0 Å². The smallest absolute Gasteiger partial charge is 0.122 e. The van der Waals surface area contributed by atoms with E-state index in [-0.39, 0.29) is 6.10 Å². The molecule has 1 N–H and O–H groups in total. The largest absolute Gasteiger partial charge is 0.493 e. The van der Waals surface area contributed by atoms with Gasteiger partial charge in [0.05, 0.1) is 12.7 Å². The van der Waals surface area contributed by atoms with E-state index in [2.05, 4.69) is 20.8 Å². The molecule has 0 spiro atoms. The van der Waals surface area contributed by atoms with Gasteiger partial charge in [-0.2, -0.15) is 0 Å². The Morgan fingerprint density at radius 2 is 1.82 bits per heavy atom. The SMILES string of the molecule is CCCOc1cc(C)c(C(O)CC)c(C)c1C. The molecular formula is C15H24O2. The Balaban J connectivity index is 3.17. The van der Waals surface area contributed by atoms with Gasteiger partial charge in [0, 0.05) is 0 Å². The lowest BCUT2D eigenvalue weighted by Crippen LogP contribution is -2.06. The highest BCUT2D eigenvalue weighted by molar-refractivity contribution is 5.49. The lowest BCUT2D eigenvalue weighted by molar-refractivity contribution is 0.172. The van der Waals surface area contributed by atoms with Gasteiger partial charge in [0.2, 0.25) is 0 Å². The van der Waals surface area contributed by atoms with Crippen LogP contribution in [0.2, 0.25) is 0 Å². The van der Waals surface area contributed by atoms with E-state index in [1.54, 1.807) is 0 Å². The molecule has 0 aliphatic carbocycles. The number of hydrogen-bond acceptors (Lipinski definition) is 2. The second-order valence-corrected chi connectivity index (χ2v) is 4.63. The number of aliphatic hydroxyl groups excluding tert-OH is 1. The van der Waals surface area contributed by atoms with E-state index in [0.717, 1.165) is 47.5 Å². The van der Waals surface area contributed by atoms with E-state index in [4.69, 9.17) is 4.74 Å². The summed E-state index contributed by atoms with van der Waals surface area (Å²) in [6, 6.07) is 2.05. The summed E-state index contributed by atoms with van der Waals surface area (Å²) in [5.41, 5.74) is 4.49. The van der Waals surface area contributed by atoms with Gasteiger partial charge in [-0.15, -0.1) is 0 Å². The van der Waals surface area contributed by atoms with Crippen molar-refractivity contribution >= 4 is 0 Å². The molecule has 1 rings (SSSR count). The Labute approximate surface area is 105 Å². The van der Waals surface area contributed by atoms with Crippen molar-refractivity contribution in [3.05, 3.63) is 28.3 Å². The first kappa shape index (κ1) is 14.0. The molecule has 0 aliphatic heterocycles. The molecule has 0 heterocycles. The lowest BCUT2D eigenvalue weighted by Gasteiger charge is -2.20. The van der Waals surface area contributed by atoms with Gasteiger partial charge in [-0.3, -0.25) is 0 Å². The van der Waals surface area contributed by atoms with Gasteiger partial charge >= 0.3 is 0 Å². The van der Waals surface area contributed by atoms with Crippen molar-refractivity contribution in [3.63, 3.8) is 0 Å². The predicted octanol–water partition coefficient (Wildman–Crippen LogP) is 3.84. The zero-order valence-electron chi connectivity index (χ0n) is 11.6. The van der Waals surface area contributed by atoms with E-state index in [9.17, 15) is 5.11 Å². The second kappa shape index (κ2) is 6.06. The topological polar surface area (TPSA) is 29.5 Å².